The van der Waals surface area contributed by atoms with Gasteiger partial charge in [0.15, 0.2) is 0 Å². The normalized spacial score (nSPS) is 18.9. The van der Waals surface area contributed by atoms with E-state index in [1.807, 2.05) is 36.1 Å². The predicted octanol–water partition coefficient (Wildman–Crippen LogP) is 3.88. The lowest BCUT2D eigenvalue weighted by Crippen LogP contribution is -2.51. The van der Waals surface area contributed by atoms with Crippen molar-refractivity contribution in [1.29, 1.82) is 0 Å². The average molecular weight is 355 g/mol. The van der Waals surface area contributed by atoms with E-state index >= 15 is 0 Å². The maximum Gasteiger partial charge on any atom is 0.254 e. The molecule has 5 heteroatoms. The number of carbonyl (C=O) groups is 1. The first-order valence-corrected chi connectivity index (χ1v) is 8.78. The van der Waals surface area contributed by atoms with Crippen LogP contribution in [0.1, 0.15) is 56.8 Å². The van der Waals surface area contributed by atoms with Crippen LogP contribution in [0.5, 0.6) is 5.75 Å². The molecule has 1 aromatic rings. The second-order valence-corrected chi connectivity index (χ2v) is 6.98. The highest BCUT2D eigenvalue weighted by Crippen LogP contribution is 2.22. The molecular formula is C19H31ClN2O2. The van der Waals surface area contributed by atoms with E-state index in [0.717, 1.165) is 38.0 Å². The number of halogens is 1. The molecule has 1 aliphatic heterocycles. The van der Waals surface area contributed by atoms with Crippen LogP contribution in [0.3, 0.4) is 0 Å². The van der Waals surface area contributed by atoms with Crippen LogP contribution in [0, 0.1) is 5.92 Å². The SMILES string of the molecule is CC(C)CCOc1ccc(C(=O)N2CCCCC2C(C)N)cc1.Cl. The fraction of sp³-hybridized carbons (Fsp3) is 0.632. The molecule has 136 valence electrons. The number of nitrogens with two attached hydrogens (primary N) is 1. The molecular weight excluding hydrogens is 324 g/mol. The summed E-state index contributed by atoms with van der Waals surface area (Å²) in [7, 11) is 0. The lowest BCUT2D eigenvalue weighted by molar-refractivity contribution is 0.0584. The molecule has 1 aromatic carbocycles. The third kappa shape index (κ3) is 5.67. The molecule has 0 aliphatic carbocycles. The number of ether oxygens (including phenoxy) is 1. The minimum Gasteiger partial charge on any atom is -0.494 e. The van der Waals surface area contributed by atoms with Crippen LogP contribution >= 0.6 is 12.4 Å². The number of benzene rings is 1. The first kappa shape index (κ1) is 20.8. The molecule has 1 saturated heterocycles. The van der Waals surface area contributed by atoms with Crippen LogP contribution in [0.25, 0.3) is 0 Å². The van der Waals surface area contributed by atoms with E-state index in [4.69, 9.17) is 10.5 Å². The van der Waals surface area contributed by atoms with Gasteiger partial charge in [0.25, 0.3) is 5.91 Å². The number of likely N-dealkylation sites (tertiary alicyclic amines) is 1. The van der Waals surface area contributed by atoms with Crippen molar-refractivity contribution in [3.05, 3.63) is 29.8 Å². The van der Waals surface area contributed by atoms with Crippen molar-refractivity contribution in [1.82, 2.24) is 4.90 Å². The van der Waals surface area contributed by atoms with Crippen molar-refractivity contribution < 1.29 is 9.53 Å². The van der Waals surface area contributed by atoms with Gasteiger partial charge in [-0.2, -0.15) is 0 Å². The topological polar surface area (TPSA) is 55.6 Å². The first-order chi connectivity index (χ1) is 11.0. The Kier molecular flexibility index (Phi) is 8.57. The third-order valence-electron chi connectivity index (χ3n) is 4.48. The highest BCUT2D eigenvalue weighted by atomic mass is 35.5. The lowest BCUT2D eigenvalue weighted by atomic mass is 9.96. The summed E-state index contributed by atoms with van der Waals surface area (Å²) in [5.41, 5.74) is 6.78. The smallest absolute Gasteiger partial charge is 0.254 e. The highest BCUT2D eigenvalue weighted by Gasteiger charge is 2.29. The molecule has 0 radical (unpaired) electrons. The Balaban J connectivity index is 0.00000288. The van der Waals surface area contributed by atoms with Gasteiger partial charge in [0, 0.05) is 24.2 Å². The van der Waals surface area contributed by atoms with Gasteiger partial charge in [-0.3, -0.25) is 4.79 Å². The Bertz CT molecular complexity index is 503. The van der Waals surface area contributed by atoms with E-state index in [1.165, 1.54) is 0 Å². The second-order valence-electron chi connectivity index (χ2n) is 6.98. The van der Waals surface area contributed by atoms with E-state index < -0.39 is 0 Å². The summed E-state index contributed by atoms with van der Waals surface area (Å²) in [6, 6.07) is 7.66. The summed E-state index contributed by atoms with van der Waals surface area (Å²) in [6.45, 7) is 7.86. The Labute approximate surface area is 152 Å². The largest absolute Gasteiger partial charge is 0.494 e. The Morgan fingerprint density at radius 1 is 1.25 bits per heavy atom. The number of rotatable bonds is 6. The van der Waals surface area contributed by atoms with Gasteiger partial charge in [-0.1, -0.05) is 13.8 Å². The number of carbonyl (C=O) groups excluding carboxylic acids is 1. The fourth-order valence-electron chi connectivity index (χ4n) is 3.03. The van der Waals surface area contributed by atoms with Gasteiger partial charge in [0.05, 0.1) is 6.61 Å². The molecule has 0 saturated carbocycles. The van der Waals surface area contributed by atoms with E-state index in [2.05, 4.69) is 13.8 Å². The number of nitrogens with zero attached hydrogens (tertiary/aromatic N) is 1. The average Bonchev–Trinajstić information content (AvgIpc) is 2.54. The van der Waals surface area contributed by atoms with E-state index in [0.29, 0.717) is 18.1 Å². The van der Waals surface area contributed by atoms with Gasteiger partial charge in [-0.15, -0.1) is 12.4 Å². The van der Waals surface area contributed by atoms with Gasteiger partial charge in [-0.25, -0.2) is 0 Å². The van der Waals surface area contributed by atoms with Gasteiger partial charge in [-0.05, 0) is 62.8 Å². The standard InChI is InChI=1S/C19H30N2O2.ClH/c1-14(2)11-13-23-17-9-7-16(8-10-17)19(22)21-12-5-4-6-18(21)15(3)20;/h7-10,14-15,18H,4-6,11-13,20H2,1-3H3;1H. The van der Waals surface area contributed by atoms with Crippen LogP contribution in [0.15, 0.2) is 24.3 Å². The van der Waals surface area contributed by atoms with Crippen LogP contribution in [-0.2, 0) is 0 Å². The van der Waals surface area contributed by atoms with Gasteiger partial charge in [0.2, 0.25) is 0 Å². The molecule has 1 fully saturated rings. The summed E-state index contributed by atoms with van der Waals surface area (Å²) in [5, 5.41) is 0. The molecule has 0 spiro atoms. The van der Waals surface area contributed by atoms with Crippen LogP contribution < -0.4 is 10.5 Å². The summed E-state index contributed by atoms with van der Waals surface area (Å²) in [4.78, 5) is 14.7. The zero-order valence-corrected chi connectivity index (χ0v) is 15.8. The number of hydrogen-bond acceptors (Lipinski definition) is 3. The van der Waals surface area contributed by atoms with Crippen molar-refractivity contribution in [2.75, 3.05) is 13.2 Å². The Morgan fingerprint density at radius 3 is 2.50 bits per heavy atom. The molecule has 2 unspecified atom stereocenters. The molecule has 24 heavy (non-hydrogen) atoms. The van der Waals surface area contributed by atoms with E-state index in [1.54, 1.807) is 0 Å². The quantitative estimate of drug-likeness (QED) is 0.843. The van der Waals surface area contributed by atoms with Crippen molar-refractivity contribution >= 4 is 18.3 Å². The van der Waals surface area contributed by atoms with Gasteiger partial charge in [0.1, 0.15) is 5.75 Å². The van der Waals surface area contributed by atoms with Crippen molar-refractivity contribution in [3.63, 3.8) is 0 Å². The molecule has 1 aliphatic rings. The van der Waals surface area contributed by atoms with E-state index in [-0.39, 0.29) is 30.4 Å². The third-order valence-corrected chi connectivity index (χ3v) is 4.48. The summed E-state index contributed by atoms with van der Waals surface area (Å²) in [6.07, 6.45) is 4.24. The first-order valence-electron chi connectivity index (χ1n) is 8.78. The zero-order valence-electron chi connectivity index (χ0n) is 15.0. The number of amides is 1. The maximum absolute atomic E-state index is 12.8. The van der Waals surface area contributed by atoms with Crippen LogP contribution in [0.2, 0.25) is 0 Å². The highest BCUT2D eigenvalue weighted by molar-refractivity contribution is 5.94. The minimum absolute atomic E-state index is 0. The maximum atomic E-state index is 12.8. The Morgan fingerprint density at radius 2 is 1.92 bits per heavy atom. The molecule has 2 rings (SSSR count). The molecule has 2 atom stereocenters. The molecule has 1 amide bonds. The molecule has 0 aromatic heterocycles. The monoisotopic (exact) mass is 354 g/mol. The number of piperidine rings is 1. The molecule has 1 heterocycles. The fourth-order valence-corrected chi connectivity index (χ4v) is 3.03. The van der Waals surface area contributed by atoms with Crippen LogP contribution in [-0.4, -0.2) is 36.0 Å². The van der Waals surface area contributed by atoms with Gasteiger partial charge < -0.3 is 15.4 Å². The second kappa shape index (κ2) is 9.90. The summed E-state index contributed by atoms with van der Waals surface area (Å²) in [5.74, 6) is 1.54. The summed E-state index contributed by atoms with van der Waals surface area (Å²) >= 11 is 0. The minimum atomic E-state index is 0. The van der Waals surface area contributed by atoms with Crippen molar-refractivity contribution in [2.24, 2.45) is 11.7 Å². The predicted molar refractivity (Wildman–Crippen MR) is 101 cm³/mol. The van der Waals surface area contributed by atoms with Crippen LogP contribution in [0.4, 0.5) is 0 Å². The molecule has 4 nitrogen and oxygen atoms in total. The lowest BCUT2D eigenvalue weighted by Gasteiger charge is -2.38. The van der Waals surface area contributed by atoms with E-state index in [9.17, 15) is 4.79 Å². The van der Waals surface area contributed by atoms with Crippen molar-refractivity contribution in [2.45, 2.75) is 58.5 Å². The zero-order chi connectivity index (χ0) is 16.8. The van der Waals surface area contributed by atoms with Crippen molar-refractivity contribution in [3.8, 4) is 5.75 Å². The molecule has 2 N–H and O–H groups in total. The Hall–Kier alpha value is -1.26. The van der Waals surface area contributed by atoms with Gasteiger partial charge >= 0.3 is 0 Å². The number of hydrogen-bond donors (Lipinski definition) is 1. The summed E-state index contributed by atoms with van der Waals surface area (Å²) < 4.78 is 5.71. The molecule has 0 bridgehead atoms.